The van der Waals surface area contributed by atoms with Crippen LogP contribution >= 0.6 is 0 Å². The van der Waals surface area contributed by atoms with Crippen LogP contribution in [0.2, 0.25) is 0 Å². The van der Waals surface area contributed by atoms with E-state index in [0.717, 1.165) is 22.7 Å². The minimum Gasteiger partial charge on any atom is -0.310 e. The fraction of sp³-hybridized carbons (Fsp3) is 0.143. The van der Waals surface area contributed by atoms with Crippen LogP contribution in [0.3, 0.4) is 0 Å². The van der Waals surface area contributed by atoms with Gasteiger partial charge in [-0.25, -0.2) is 0 Å². The van der Waals surface area contributed by atoms with Crippen molar-refractivity contribution in [3.63, 3.8) is 0 Å². The van der Waals surface area contributed by atoms with Gasteiger partial charge in [0.05, 0.1) is 11.4 Å². The Hall–Kier alpha value is -6.64. The van der Waals surface area contributed by atoms with E-state index in [4.69, 9.17) is 0 Å². The van der Waals surface area contributed by atoms with Crippen LogP contribution in [0.15, 0.2) is 182 Å². The Morgan fingerprint density at radius 3 is 0.776 bits per heavy atom. The van der Waals surface area contributed by atoms with Crippen molar-refractivity contribution in [2.75, 3.05) is 9.80 Å². The zero-order valence-electron chi connectivity index (χ0n) is 34.2. The predicted molar refractivity (Wildman–Crippen MR) is 252 cm³/mol. The molecular formula is C56H48N2. The Balaban J connectivity index is 1.54. The zero-order valence-corrected chi connectivity index (χ0v) is 34.2. The van der Waals surface area contributed by atoms with Gasteiger partial charge in [-0.3, -0.25) is 0 Å². The van der Waals surface area contributed by atoms with E-state index in [9.17, 15) is 0 Å². The average Bonchev–Trinajstić information content (AvgIpc) is 3.24. The molecule has 0 spiro atoms. The molecule has 0 radical (unpaired) electrons. The fourth-order valence-corrected chi connectivity index (χ4v) is 9.48. The highest BCUT2D eigenvalue weighted by atomic mass is 15.2. The molecule has 10 aromatic carbocycles. The molecule has 0 aliphatic carbocycles. The SMILES string of the molecule is CC(C)(C)c1cc(N(c2ccccc2)c2ccccc2)c2c3ccccc3c3c(N(c4ccccc4)c4ccccc4)cc(C(C)(C)C)c4c5ccccc5c1c2c34. The minimum absolute atomic E-state index is 0.176. The maximum Gasteiger partial charge on any atom is 0.0549 e. The monoisotopic (exact) mass is 748 g/mol. The first-order chi connectivity index (χ1) is 28.1. The zero-order chi connectivity index (χ0) is 39.8. The van der Waals surface area contributed by atoms with E-state index < -0.39 is 0 Å². The second-order valence-corrected chi connectivity index (χ2v) is 17.7. The Bertz CT molecular complexity index is 2810. The van der Waals surface area contributed by atoms with Gasteiger partial charge in [0, 0.05) is 44.3 Å². The van der Waals surface area contributed by atoms with E-state index in [1.807, 2.05) is 0 Å². The average molecular weight is 749 g/mol. The van der Waals surface area contributed by atoms with Crippen LogP contribution in [0.1, 0.15) is 52.7 Å². The second-order valence-electron chi connectivity index (χ2n) is 17.7. The van der Waals surface area contributed by atoms with Crippen molar-refractivity contribution >= 4 is 88.0 Å². The van der Waals surface area contributed by atoms with E-state index in [2.05, 4.69) is 233 Å². The predicted octanol–water partition coefficient (Wildman–Crippen LogP) is 16.4. The quantitative estimate of drug-likeness (QED) is 0.123. The summed E-state index contributed by atoms with van der Waals surface area (Å²) < 4.78 is 0. The molecule has 2 heteroatoms. The van der Waals surface area contributed by atoms with Gasteiger partial charge >= 0.3 is 0 Å². The van der Waals surface area contributed by atoms with E-state index in [0.29, 0.717) is 0 Å². The van der Waals surface area contributed by atoms with Gasteiger partial charge < -0.3 is 9.80 Å². The van der Waals surface area contributed by atoms with Gasteiger partial charge in [-0.15, -0.1) is 0 Å². The molecule has 0 saturated heterocycles. The molecule has 10 aromatic rings. The van der Waals surface area contributed by atoms with Crippen molar-refractivity contribution in [2.45, 2.75) is 52.4 Å². The highest BCUT2D eigenvalue weighted by Gasteiger charge is 2.33. The van der Waals surface area contributed by atoms with Crippen molar-refractivity contribution in [3.05, 3.63) is 193 Å². The lowest BCUT2D eigenvalue weighted by atomic mass is 9.74. The van der Waals surface area contributed by atoms with E-state index in [1.165, 1.54) is 76.4 Å². The van der Waals surface area contributed by atoms with Crippen molar-refractivity contribution in [3.8, 4) is 0 Å². The summed E-state index contributed by atoms with van der Waals surface area (Å²) in [5.41, 5.74) is 9.24. The third-order valence-corrected chi connectivity index (χ3v) is 11.9. The summed E-state index contributed by atoms with van der Waals surface area (Å²) in [7, 11) is 0. The van der Waals surface area contributed by atoms with Gasteiger partial charge in [0.25, 0.3) is 0 Å². The number of nitrogens with zero attached hydrogens (tertiary/aromatic N) is 2. The van der Waals surface area contributed by atoms with E-state index >= 15 is 0 Å². The topological polar surface area (TPSA) is 6.48 Å². The molecule has 0 bridgehead atoms. The maximum atomic E-state index is 2.52. The molecule has 282 valence electrons. The van der Waals surface area contributed by atoms with Crippen LogP contribution in [0.5, 0.6) is 0 Å². The second kappa shape index (κ2) is 13.5. The van der Waals surface area contributed by atoms with Crippen LogP contribution in [0.25, 0.3) is 53.9 Å². The number of fused-ring (bicyclic) bond motifs is 6. The molecule has 0 amide bonds. The van der Waals surface area contributed by atoms with Crippen molar-refractivity contribution in [1.29, 1.82) is 0 Å². The van der Waals surface area contributed by atoms with Gasteiger partial charge in [-0.2, -0.15) is 0 Å². The fourth-order valence-electron chi connectivity index (χ4n) is 9.48. The lowest BCUT2D eigenvalue weighted by Crippen LogP contribution is -2.18. The molecule has 0 aliphatic rings. The highest BCUT2D eigenvalue weighted by molar-refractivity contribution is 6.44. The molecule has 0 atom stereocenters. The normalized spacial score (nSPS) is 12.3. The first-order valence-electron chi connectivity index (χ1n) is 20.5. The van der Waals surface area contributed by atoms with E-state index in [-0.39, 0.29) is 10.8 Å². The van der Waals surface area contributed by atoms with Crippen LogP contribution in [-0.2, 0) is 10.8 Å². The van der Waals surface area contributed by atoms with Crippen molar-refractivity contribution < 1.29 is 0 Å². The first kappa shape index (κ1) is 35.8. The van der Waals surface area contributed by atoms with Crippen LogP contribution in [0.4, 0.5) is 34.1 Å². The lowest BCUT2D eigenvalue weighted by Gasteiger charge is -2.35. The highest BCUT2D eigenvalue weighted by Crippen LogP contribution is 2.57. The van der Waals surface area contributed by atoms with Gasteiger partial charge in [0.15, 0.2) is 0 Å². The van der Waals surface area contributed by atoms with Crippen molar-refractivity contribution in [2.24, 2.45) is 0 Å². The molecule has 0 heterocycles. The molecule has 0 aliphatic heterocycles. The van der Waals surface area contributed by atoms with Gasteiger partial charge in [-0.05, 0) is 115 Å². The number of anilines is 6. The summed E-state index contributed by atoms with van der Waals surface area (Å²) in [4.78, 5) is 4.98. The Morgan fingerprint density at radius 2 is 0.517 bits per heavy atom. The molecule has 0 unspecified atom stereocenters. The molecule has 0 fully saturated rings. The summed E-state index contributed by atoms with van der Waals surface area (Å²) in [6, 6.07) is 67.0. The molecule has 0 aromatic heterocycles. The number of para-hydroxylation sites is 4. The summed E-state index contributed by atoms with van der Waals surface area (Å²) in [6.07, 6.45) is 0. The number of hydrogen-bond donors (Lipinski definition) is 0. The molecular weight excluding hydrogens is 701 g/mol. The third kappa shape index (κ3) is 5.62. The van der Waals surface area contributed by atoms with Crippen molar-refractivity contribution in [1.82, 2.24) is 0 Å². The molecule has 10 rings (SSSR count). The Kier molecular flexibility index (Phi) is 8.32. The molecule has 2 nitrogen and oxygen atoms in total. The largest absolute Gasteiger partial charge is 0.310 e. The Labute approximate surface area is 341 Å². The third-order valence-electron chi connectivity index (χ3n) is 11.9. The van der Waals surface area contributed by atoms with Crippen LogP contribution in [0, 0.1) is 0 Å². The summed E-state index contributed by atoms with van der Waals surface area (Å²) in [5.74, 6) is 0. The van der Waals surface area contributed by atoms with Crippen LogP contribution < -0.4 is 9.80 Å². The molecule has 0 N–H and O–H groups in total. The summed E-state index contributed by atoms with van der Waals surface area (Å²) in [6.45, 7) is 14.3. The Morgan fingerprint density at radius 1 is 0.276 bits per heavy atom. The van der Waals surface area contributed by atoms with Gasteiger partial charge in [0.1, 0.15) is 0 Å². The number of benzene rings is 10. The summed E-state index contributed by atoms with van der Waals surface area (Å²) in [5, 5.41) is 13.0. The standard InChI is InChI=1S/C56H48N2/c1-55(2,3)45-35-47(57(37-23-11-7-12-24-37)38-25-13-8-14-26-38)51-43-33-21-22-34-44(43)52-48(58(39-27-15-9-16-28-39)40-29-17-10-18-30-40)36-46(56(4,5)6)50-42-32-20-19-31-41(42)49(45)53(51)54(50)52/h7-36H,1-6H3. The first-order valence-corrected chi connectivity index (χ1v) is 20.5. The van der Waals surface area contributed by atoms with E-state index in [1.54, 1.807) is 0 Å². The number of hydrogen-bond acceptors (Lipinski definition) is 2. The number of rotatable bonds is 6. The minimum atomic E-state index is -0.176. The molecule has 0 saturated carbocycles. The van der Waals surface area contributed by atoms with Crippen LogP contribution in [-0.4, -0.2) is 0 Å². The maximum absolute atomic E-state index is 2.52. The van der Waals surface area contributed by atoms with Gasteiger partial charge in [0.2, 0.25) is 0 Å². The molecule has 58 heavy (non-hydrogen) atoms. The summed E-state index contributed by atoms with van der Waals surface area (Å²) >= 11 is 0. The smallest absolute Gasteiger partial charge is 0.0549 e. The lowest BCUT2D eigenvalue weighted by molar-refractivity contribution is 0.595. The van der Waals surface area contributed by atoms with Gasteiger partial charge in [-0.1, -0.05) is 163 Å².